The SMILES string of the molecule is Cl.Cl.FC[C@@H](c1c(F)ccc(F)c1F)N1CCNCC1. The second-order valence-corrected chi connectivity index (χ2v) is 4.21. The number of nitrogens with zero attached hydrogens (tertiary/aromatic N) is 1. The van der Waals surface area contributed by atoms with Crippen LogP contribution in [0, 0.1) is 17.5 Å². The summed E-state index contributed by atoms with van der Waals surface area (Å²) in [5, 5.41) is 3.06. The van der Waals surface area contributed by atoms with E-state index in [0.29, 0.717) is 32.2 Å². The van der Waals surface area contributed by atoms with Gasteiger partial charge >= 0.3 is 0 Å². The van der Waals surface area contributed by atoms with Crippen LogP contribution in [0.25, 0.3) is 0 Å². The van der Waals surface area contributed by atoms with E-state index in [1.165, 1.54) is 0 Å². The lowest BCUT2D eigenvalue weighted by Crippen LogP contribution is -2.46. The van der Waals surface area contributed by atoms with E-state index in [1.54, 1.807) is 4.90 Å². The predicted octanol–water partition coefficient (Wildman–Crippen LogP) is 2.86. The Morgan fingerprint density at radius 3 is 2.15 bits per heavy atom. The zero-order valence-corrected chi connectivity index (χ0v) is 12.2. The van der Waals surface area contributed by atoms with Gasteiger partial charge in [-0.15, -0.1) is 24.8 Å². The highest BCUT2D eigenvalue weighted by atomic mass is 35.5. The van der Waals surface area contributed by atoms with Gasteiger partial charge < -0.3 is 5.32 Å². The fraction of sp³-hybridized carbons (Fsp3) is 0.500. The van der Waals surface area contributed by atoms with Crippen LogP contribution in [0.3, 0.4) is 0 Å². The number of alkyl halides is 1. The average Bonchev–Trinajstić information content (AvgIpc) is 2.40. The first-order valence-corrected chi connectivity index (χ1v) is 5.79. The Kier molecular flexibility index (Phi) is 8.42. The maximum absolute atomic E-state index is 13.6. The molecule has 2 rings (SSSR count). The van der Waals surface area contributed by atoms with Crippen LogP contribution >= 0.6 is 24.8 Å². The lowest BCUT2D eigenvalue weighted by Gasteiger charge is -2.33. The van der Waals surface area contributed by atoms with Gasteiger partial charge in [-0.05, 0) is 12.1 Å². The molecule has 1 aliphatic heterocycles. The summed E-state index contributed by atoms with van der Waals surface area (Å²) >= 11 is 0. The van der Waals surface area contributed by atoms with E-state index in [-0.39, 0.29) is 24.8 Å². The summed E-state index contributed by atoms with van der Waals surface area (Å²) in [4.78, 5) is 1.62. The van der Waals surface area contributed by atoms with Crippen molar-refractivity contribution in [1.82, 2.24) is 10.2 Å². The molecule has 0 amide bonds. The molecule has 116 valence electrons. The highest BCUT2D eigenvalue weighted by molar-refractivity contribution is 5.85. The maximum Gasteiger partial charge on any atom is 0.166 e. The standard InChI is InChI=1S/C12H14F4N2.2ClH/c13-7-10(18-5-3-17-4-6-18)11-8(14)1-2-9(15)12(11)16;;/h1-2,10,17H,3-7H2;2*1H/t10-;;/m0../s1. The summed E-state index contributed by atoms with van der Waals surface area (Å²) in [6, 6.07) is 0.475. The molecule has 1 aliphatic rings. The smallest absolute Gasteiger partial charge is 0.166 e. The quantitative estimate of drug-likeness (QED) is 0.675. The van der Waals surface area contributed by atoms with Gasteiger partial charge in [-0.1, -0.05) is 0 Å². The van der Waals surface area contributed by atoms with E-state index in [0.717, 1.165) is 6.07 Å². The zero-order chi connectivity index (χ0) is 13.1. The normalized spacial score (nSPS) is 17.0. The third kappa shape index (κ3) is 3.97. The molecular weight excluding hydrogens is 319 g/mol. The van der Waals surface area contributed by atoms with Crippen molar-refractivity contribution in [2.45, 2.75) is 6.04 Å². The number of benzene rings is 1. The molecule has 1 aromatic carbocycles. The summed E-state index contributed by atoms with van der Waals surface area (Å²) < 4.78 is 53.5. The van der Waals surface area contributed by atoms with Crippen LogP contribution in [0.4, 0.5) is 17.6 Å². The minimum absolute atomic E-state index is 0. The van der Waals surface area contributed by atoms with Crippen LogP contribution in [0.5, 0.6) is 0 Å². The average molecular weight is 335 g/mol. The third-order valence-corrected chi connectivity index (χ3v) is 3.15. The van der Waals surface area contributed by atoms with Gasteiger partial charge in [-0.25, -0.2) is 17.6 Å². The molecule has 0 spiro atoms. The van der Waals surface area contributed by atoms with E-state index in [1.807, 2.05) is 0 Å². The minimum Gasteiger partial charge on any atom is -0.314 e. The largest absolute Gasteiger partial charge is 0.314 e. The molecule has 0 aliphatic carbocycles. The summed E-state index contributed by atoms with van der Waals surface area (Å²) in [5.74, 6) is -3.36. The number of hydrogen-bond donors (Lipinski definition) is 1. The number of rotatable bonds is 3. The van der Waals surface area contributed by atoms with Crippen molar-refractivity contribution in [1.29, 1.82) is 0 Å². The molecule has 0 saturated carbocycles. The molecule has 1 aromatic rings. The Bertz CT molecular complexity index is 428. The fourth-order valence-electron chi connectivity index (χ4n) is 2.20. The zero-order valence-electron chi connectivity index (χ0n) is 10.5. The molecule has 20 heavy (non-hydrogen) atoms. The second kappa shape index (κ2) is 8.67. The molecule has 2 nitrogen and oxygen atoms in total. The molecule has 0 aromatic heterocycles. The molecule has 0 unspecified atom stereocenters. The lowest BCUT2D eigenvalue weighted by atomic mass is 10.0. The summed E-state index contributed by atoms with van der Waals surface area (Å²) in [6.07, 6.45) is 0. The van der Waals surface area contributed by atoms with Crippen molar-refractivity contribution in [3.05, 3.63) is 35.1 Å². The first kappa shape index (κ1) is 19.4. The molecule has 8 heteroatoms. The molecule has 1 saturated heterocycles. The molecule has 1 N–H and O–H groups in total. The van der Waals surface area contributed by atoms with E-state index in [4.69, 9.17) is 0 Å². The molecule has 1 atom stereocenters. The molecular formula is C12H16Cl2F4N2. The highest BCUT2D eigenvalue weighted by Gasteiger charge is 2.28. The Labute approximate surface area is 127 Å². The van der Waals surface area contributed by atoms with E-state index in [2.05, 4.69) is 5.32 Å². The van der Waals surface area contributed by atoms with E-state index < -0.39 is 35.7 Å². The van der Waals surface area contributed by atoms with Gasteiger partial charge in [-0.3, -0.25) is 4.90 Å². The Morgan fingerprint density at radius 1 is 1.05 bits per heavy atom. The van der Waals surface area contributed by atoms with E-state index >= 15 is 0 Å². The Morgan fingerprint density at radius 2 is 1.60 bits per heavy atom. The van der Waals surface area contributed by atoms with Crippen molar-refractivity contribution in [2.75, 3.05) is 32.9 Å². The topological polar surface area (TPSA) is 15.3 Å². The van der Waals surface area contributed by atoms with Crippen molar-refractivity contribution >= 4 is 24.8 Å². The first-order valence-electron chi connectivity index (χ1n) is 5.79. The molecule has 0 radical (unpaired) electrons. The Balaban J connectivity index is 0.00000180. The molecule has 0 bridgehead atoms. The Hall–Kier alpha value is -0.560. The molecule has 1 heterocycles. The van der Waals surface area contributed by atoms with Crippen molar-refractivity contribution in [3.8, 4) is 0 Å². The monoisotopic (exact) mass is 334 g/mol. The highest BCUT2D eigenvalue weighted by Crippen LogP contribution is 2.28. The summed E-state index contributed by atoms with van der Waals surface area (Å²) in [6.45, 7) is 1.25. The van der Waals surface area contributed by atoms with Crippen molar-refractivity contribution in [2.24, 2.45) is 0 Å². The summed E-state index contributed by atoms with van der Waals surface area (Å²) in [7, 11) is 0. The number of halogens is 6. The van der Waals surface area contributed by atoms with Crippen LogP contribution < -0.4 is 5.32 Å². The number of hydrogen-bond acceptors (Lipinski definition) is 2. The van der Waals surface area contributed by atoms with Gasteiger partial charge in [-0.2, -0.15) is 0 Å². The second-order valence-electron chi connectivity index (χ2n) is 4.21. The van der Waals surface area contributed by atoms with Gasteiger partial charge in [0.1, 0.15) is 12.5 Å². The number of nitrogens with one attached hydrogen (secondary N) is 1. The van der Waals surface area contributed by atoms with Gasteiger partial charge in [0, 0.05) is 31.7 Å². The first-order chi connectivity index (χ1) is 8.65. The van der Waals surface area contributed by atoms with Gasteiger partial charge in [0.15, 0.2) is 11.6 Å². The minimum atomic E-state index is -1.30. The van der Waals surface area contributed by atoms with Gasteiger partial charge in [0.25, 0.3) is 0 Å². The van der Waals surface area contributed by atoms with Crippen molar-refractivity contribution in [3.63, 3.8) is 0 Å². The fourth-order valence-corrected chi connectivity index (χ4v) is 2.20. The van der Waals surface area contributed by atoms with Crippen LogP contribution in [0.15, 0.2) is 12.1 Å². The maximum atomic E-state index is 13.6. The van der Waals surface area contributed by atoms with Crippen LogP contribution in [0.1, 0.15) is 11.6 Å². The van der Waals surface area contributed by atoms with Gasteiger partial charge in [0.05, 0.1) is 6.04 Å². The molecule has 1 fully saturated rings. The number of piperazine rings is 1. The predicted molar refractivity (Wildman–Crippen MR) is 74.0 cm³/mol. The van der Waals surface area contributed by atoms with E-state index in [9.17, 15) is 17.6 Å². The van der Waals surface area contributed by atoms with Gasteiger partial charge in [0.2, 0.25) is 0 Å². The van der Waals surface area contributed by atoms with Crippen LogP contribution in [-0.2, 0) is 0 Å². The third-order valence-electron chi connectivity index (χ3n) is 3.15. The summed E-state index contributed by atoms with van der Waals surface area (Å²) in [5.41, 5.74) is -0.514. The lowest BCUT2D eigenvalue weighted by molar-refractivity contribution is 0.140. The van der Waals surface area contributed by atoms with Crippen molar-refractivity contribution < 1.29 is 17.6 Å². The van der Waals surface area contributed by atoms with Crippen LogP contribution in [0.2, 0.25) is 0 Å². The van der Waals surface area contributed by atoms with Crippen LogP contribution in [-0.4, -0.2) is 37.8 Å².